The first kappa shape index (κ1) is 16.9. The molecule has 0 saturated carbocycles. The van der Waals surface area contributed by atoms with E-state index < -0.39 is 10.7 Å². The number of non-ortho nitro benzene ring substituents is 1. The van der Waals surface area contributed by atoms with Gasteiger partial charge in [-0.05, 0) is 23.8 Å². The number of carbonyl (C=O) groups is 1. The summed E-state index contributed by atoms with van der Waals surface area (Å²) in [6, 6.07) is 11.8. The standard InChI is InChI=1S/C15H12F2N2O3S/c16-15(17)23-13-3-1-2-11(9-13)18-14(20)8-10-4-6-12(7-5-10)19(21)22/h1-7,9,15H,8H2,(H,18,20). The number of thioether (sulfide) groups is 1. The number of nitrogens with one attached hydrogen (secondary N) is 1. The van der Waals surface area contributed by atoms with E-state index in [-0.39, 0.29) is 18.0 Å². The number of alkyl halides is 2. The van der Waals surface area contributed by atoms with E-state index in [1.807, 2.05) is 0 Å². The highest BCUT2D eigenvalue weighted by Crippen LogP contribution is 2.27. The summed E-state index contributed by atoms with van der Waals surface area (Å²) in [7, 11) is 0. The molecule has 1 N–H and O–H groups in total. The number of benzene rings is 2. The summed E-state index contributed by atoms with van der Waals surface area (Å²) in [6.45, 7) is 0. The Morgan fingerprint density at radius 2 is 1.91 bits per heavy atom. The van der Waals surface area contributed by atoms with Crippen LogP contribution in [0.5, 0.6) is 0 Å². The number of nitrogens with zero attached hydrogens (tertiary/aromatic N) is 1. The maximum absolute atomic E-state index is 12.3. The lowest BCUT2D eigenvalue weighted by Crippen LogP contribution is -2.14. The van der Waals surface area contributed by atoms with Gasteiger partial charge >= 0.3 is 0 Å². The van der Waals surface area contributed by atoms with Crippen molar-refractivity contribution in [3.05, 3.63) is 64.2 Å². The van der Waals surface area contributed by atoms with E-state index in [0.717, 1.165) is 0 Å². The van der Waals surface area contributed by atoms with Crippen LogP contribution in [0.3, 0.4) is 0 Å². The number of hydrogen-bond acceptors (Lipinski definition) is 4. The monoisotopic (exact) mass is 338 g/mol. The second-order valence-corrected chi connectivity index (χ2v) is 5.62. The average molecular weight is 338 g/mol. The summed E-state index contributed by atoms with van der Waals surface area (Å²) in [4.78, 5) is 22.3. The van der Waals surface area contributed by atoms with Gasteiger partial charge in [0.1, 0.15) is 0 Å². The van der Waals surface area contributed by atoms with Gasteiger partial charge in [0.15, 0.2) is 0 Å². The predicted molar refractivity (Wildman–Crippen MR) is 83.7 cm³/mol. The lowest BCUT2D eigenvalue weighted by Gasteiger charge is -2.07. The van der Waals surface area contributed by atoms with Gasteiger partial charge in [0, 0.05) is 22.7 Å². The van der Waals surface area contributed by atoms with Crippen molar-refractivity contribution in [1.82, 2.24) is 0 Å². The van der Waals surface area contributed by atoms with Gasteiger partial charge in [-0.15, -0.1) is 0 Å². The number of anilines is 1. The zero-order valence-corrected chi connectivity index (χ0v) is 12.6. The zero-order valence-electron chi connectivity index (χ0n) is 11.7. The Morgan fingerprint density at radius 3 is 2.52 bits per heavy atom. The van der Waals surface area contributed by atoms with E-state index in [4.69, 9.17) is 0 Å². The molecule has 0 aliphatic rings. The number of amides is 1. The summed E-state index contributed by atoms with van der Waals surface area (Å²) >= 11 is 0.399. The number of hydrogen-bond donors (Lipinski definition) is 1. The molecule has 2 aromatic carbocycles. The van der Waals surface area contributed by atoms with Crippen molar-refractivity contribution in [2.45, 2.75) is 17.1 Å². The first-order chi connectivity index (χ1) is 10.9. The fourth-order valence-electron chi connectivity index (χ4n) is 1.88. The van der Waals surface area contributed by atoms with E-state index in [1.54, 1.807) is 12.1 Å². The van der Waals surface area contributed by atoms with Crippen molar-refractivity contribution in [2.24, 2.45) is 0 Å². The summed E-state index contributed by atoms with van der Waals surface area (Å²) in [6.07, 6.45) is 0.0320. The summed E-state index contributed by atoms with van der Waals surface area (Å²) in [5, 5.41) is 13.2. The molecule has 0 atom stereocenters. The van der Waals surface area contributed by atoms with Crippen molar-refractivity contribution >= 4 is 29.0 Å². The largest absolute Gasteiger partial charge is 0.326 e. The van der Waals surface area contributed by atoms with Crippen LogP contribution >= 0.6 is 11.8 Å². The lowest BCUT2D eigenvalue weighted by molar-refractivity contribution is -0.384. The molecule has 0 saturated heterocycles. The Morgan fingerprint density at radius 1 is 1.22 bits per heavy atom. The van der Waals surface area contributed by atoms with Gasteiger partial charge in [0.2, 0.25) is 5.91 Å². The van der Waals surface area contributed by atoms with Crippen LogP contribution in [-0.2, 0) is 11.2 Å². The van der Waals surface area contributed by atoms with Crippen LogP contribution in [0.15, 0.2) is 53.4 Å². The number of rotatable bonds is 6. The third kappa shape index (κ3) is 5.33. The molecule has 0 radical (unpaired) electrons. The van der Waals surface area contributed by atoms with Crippen LogP contribution in [0.4, 0.5) is 20.2 Å². The Balaban J connectivity index is 1.97. The quantitative estimate of drug-likeness (QED) is 0.489. The highest BCUT2D eigenvalue weighted by Gasteiger charge is 2.09. The third-order valence-electron chi connectivity index (χ3n) is 2.85. The SMILES string of the molecule is O=C(Cc1ccc([N+](=O)[O-])cc1)Nc1cccc(SC(F)F)c1. The minimum Gasteiger partial charge on any atom is -0.326 e. The van der Waals surface area contributed by atoms with Crippen LogP contribution in [0.1, 0.15) is 5.56 Å². The topological polar surface area (TPSA) is 72.2 Å². The molecular weight excluding hydrogens is 326 g/mol. The fourth-order valence-corrected chi connectivity index (χ4v) is 2.43. The van der Waals surface area contributed by atoms with E-state index in [1.165, 1.54) is 36.4 Å². The molecule has 0 fully saturated rings. The van der Waals surface area contributed by atoms with Crippen molar-refractivity contribution in [2.75, 3.05) is 5.32 Å². The minimum atomic E-state index is -2.53. The number of carbonyl (C=O) groups excluding carboxylic acids is 1. The van der Waals surface area contributed by atoms with Crippen molar-refractivity contribution in [3.8, 4) is 0 Å². The van der Waals surface area contributed by atoms with Gasteiger partial charge in [0.25, 0.3) is 11.4 Å². The normalized spacial score (nSPS) is 10.6. The highest BCUT2D eigenvalue weighted by molar-refractivity contribution is 7.99. The summed E-state index contributed by atoms with van der Waals surface area (Å²) in [5.41, 5.74) is 0.986. The minimum absolute atomic E-state index is 0.0320. The van der Waals surface area contributed by atoms with E-state index in [9.17, 15) is 23.7 Å². The molecule has 0 aromatic heterocycles. The van der Waals surface area contributed by atoms with Crippen molar-refractivity contribution in [3.63, 3.8) is 0 Å². The smallest absolute Gasteiger partial charge is 0.288 e. The third-order valence-corrected chi connectivity index (χ3v) is 3.56. The van der Waals surface area contributed by atoms with Gasteiger partial charge in [-0.1, -0.05) is 30.0 Å². The summed E-state index contributed by atoms with van der Waals surface area (Å²) in [5.74, 6) is -2.86. The van der Waals surface area contributed by atoms with Gasteiger partial charge in [-0.2, -0.15) is 8.78 Å². The van der Waals surface area contributed by atoms with Crippen LogP contribution in [0, 0.1) is 10.1 Å². The van der Waals surface area contributed by atoms with Gasteiger partial charge < -0.3 is 5.32 Å². The molecule has 5 nitrogen and oxygen atoms in total. The average Bonchev–Trinajstić information content (AvgIpc) is 2.47. The molecule has 23 heavy (non-hydrogen) atoms. The molecule has 2 aromatic rings. The van der Waals surface area contributed by atoms with Crippen LogP contribution in [0.2, 0.25) is 0 Å². The molecule has 2 rings (SSSR count). The Labute approximate surface area is 134 Å². The second kappa shape index (κ2) is 7.68. The molecule has 8 heteroatoms. The van der Waals surface area contributed by atoms with Crippen LogP contribution in [0.25, 0.3) is 0 Å². The zero-order chi connectivity index (χ0) is 16.8. The maximum Gasteiger partial charge on any atom is 0.288 e. The molecule has 0 unspecified atom stereocenters. The molecular formula is C15H12F2N2O3S. The van der Waals surface area contributed by atoms with Gasteiger partial charge in [0.05, 0.1) is 11.3 Å². The second-order valence-electron chi connectivity index (χ2n) is 4.55. The molecule has 0 heterocycles. The molecule has 0 bridgehead atoms. The van der Waals surface area contributed by atoms with E-state index in [0.29, 0.717) is 27.9 Å². The maximum atomic E-state index is 12.3. The number of nitro benzene ring substituents is 1. The molecule has 0 spiro atoms. The van der Waals surface area contributed by atoms with Gasteiger partial charge in [-0.25, -0.2) is 0 Å². The number of nitro groups is 1. The molecule has 1 amide bonds. The predicted octanol–water partition coefficient (Wildman–Crippen LogP) is 4.09. The summed E-state index contributed by atoms with van der Waals surface area (Å²) < 4.78 is 24.6. The Kier molecular flexibility index (Phi) is 5.64. The van der Waals surface area contributed by atoms with Gasteiger partial charge in [-0.3, -0.25) is 14.9 Å². The van der Waals surface area contributed by atoms with Crippen molar-refractivity contribution < 1.29 is 18.5 Å². The molecule has 0 aliphatic heterocycles. The molecule has 0 aliphatic carbocycles. The fraction of sp³-hybridized carbons (Fsp3) is 0.133. The first-order valence-electron chi connectivity index (χ1n) is 6.52. The van der Waals surface area contributed by atoms with Crippen molar-refractivity contribution in [1.29, 1.82) is 0 Å². The first-order valence-corrected chi connectivity index (χ1v) is 7.40. The van der Waals surface area contributed by atoms with Crippen LogP contribution < -0.4 is 5.32 Å². The number of halogens is 2. The van der Waals surface area contributed by atoms with E-state index in [2.05, 4.69) is 5.32 Å². The Hall–Kier alpha value is -2.48. The molecule has 120 valence electrons. The highest BCUT2D eigenvalue weighted by atomic mass is 32.2. The lowest BCUT2D eigenvalue weighted by atomic mass is 10.1. The Bertz CT molecular complexity index is 708. The van der Waals surface area contributed by atoms with E-state index >= 15 is 0 Å². The van der Waals surface area contributed by atoms with Crippen LogP contribution in [-0.4, -0.2) is 16.6 Å².